The lowest BCUT2D eigenvalue weighted by Crippen LogP contribution is -2.52. The number of carbonyl (C=O) groups excluding carboxylic acids is 1. The molecule has 4 saturated carbocycles. The molecule has 0 saturated heterocycles. The van der Waals surface area contributed by atoms with Crippen LogP contribution in [0.15, 0.2) is 28.1 Å². The maximum Gasteiger partial charge on any atom is 0.280 e. The quantitative estimate of drug-likeness (QED) is 0.599. The molecule has 4 fully saturated rings. The van der Waals surface area contributed by atoms with E-state index in [1.54, 1.807) is 0 Å². The van der Waals surface area contributed by atoms with E-state index in [4.69, 9.17) is 0 Å². The second kappa shape index (κ2) is 6.96. The Labute approximate surface area is 176 Å². The van der Waals surface area contributed by atoms with Crippen LogP contribution in [0, 0.1) is 43.9 Å². The van der Waals surface area contributed by atoms with Crippen molar-refractivity contribution in [2.75, 3.05) is 0 Å². The number of H-pyrrole nitrogens is 1. The number of hydrogen-bond acceptors (Lipinski definition) is 3. The Morgan fingerprint density at radius 2 is 1.73 bits per heavy atom. The lowest BCUT2D eigenvalue weighted by atomic mass is 9.49. The fraction of sp³-hybridized carbons (Fsp3) is 0.542. The summed E-state index contributed by atoms with van der Waals surface area (Å²) in [6, 6.07) is 5.92. The monoisotopic (exact) mass is 406 g/mol. The predicted molar refractivity (Wildman–Crippen MR) is 117 cm³/mol. The minimum absolute atomic E-state index is 0.0422. The Hall–Kier alpha value is -2.63. The van der Waals surface area contributed by atoms with Gasteiger partial charge < -0.3 is 0 Å². The van der Waals surface area contributed by atoms with Crippen LogP contribution in [-0.2, 0) is 4.79 Å². The Bertz CT molecular complexity index is 1060. The highest BCUT2D eigenvalue weighted by atomic mass is 16.2. The zero-order chi connectivity index (χ0) is 21.0. The number of hydrogen-bond donors (Lipinski definition) is 2. The first kappa shape index (κ1) is 19.3. The van der Waals surface area contributed by atoms with Crippen LogP contribution in [-0.4, -0.2) is 21.9 Å². The van der Waals surface area contributed by atoms with Crippen LogP contribution in [0.25, 0.3) is 5.69 Å². The normalized spacial score (nSPS) is 29.6. The molecule has 1 amide bonds. The number of aryl methyl sites for hydroxylation is 3. The van der Waals surface area contributed by atoms with Crippen molar-refractivity contribution >= 4 is 12.1 Å². The van der Waals surface area contributed by atoms with Gasteiger partial charge in [0.05, 0.1) is 22.9 Å². The number of benzene rings is 1. The van der Waals surface area contributed by atoms with E-state index >= 15 is 0 Å². The maximum atomic E-state index is 13.0. The molecule has 4 aliphatic carbocycles. The molecule has 0 aliphatic heterocycles. The summed E-state index contributed by atoms with van der Waals surface area (Å²) < 4.78 is 1.53. The molecule has 0 radical (unpaired) electrons. The molecule has 30 heavy (non-hydrogen) atoms. The van der Waals surface area contributed by atoms with Gasteiger partial charge in [-0.2, -0.15) is 5.10 Å². The number of aromatic nitrogens is 2. The molecule has 6 heteroatoms. The molecule has 1 aromatic heterocycles. The molecule has 0 atom stereocenters. The van der Waals surface area contributed by atoms with Crippen LogP contribution in [0.3, 0.4) is 0 Å². The van der Waals surface area contributed by atoms with Gasteiger partial charge in [0.25, 0.3) is 5.56 Å². The second-order valence-electron chi connectivity index (χ2n) is 9.96. The van der Waals surface area contributed by atoms with Crippen LogP contribution in [0.4, 0.5) is 0 Å². The molecule has 1 aromatic carbocycles. The molecule has 1 heterocycles. The van der Waals surface area contributed by atoms with E-state index in [0.717, 1.165) is 36.2 Å². The highest BCUT2D eigenvalue weighted by Gasteiger charge is 2.54. The molecule has 4 aliphatic rings. The number of nitrogens with zero attached hydrogens (tertiary/aromatic N) is 2. The van der Waals surface area contributed by atoms with Crippen LogP contribution < -0.4 is 11.0 Å². The van der Waals surface area contributed by atoms with Gasteiger partial charge in [-0.1, -0.05) is 6.07 Å². The van der Waals surface area contributed by atoms with Gasteiger partial charge in [0.15, 0.2) is 0 Å². The van der Waals surface area contributed by atoms with Crippen molar-refractivity contribution in [2.24, 2.45) is 28.3 Å². The number of amides is 1. The number of rotatable bonds is 4. The number of hydrazone groups is 1. The minimum atomic E-state index is -0.237. The first-order valence-electron chi connectivity index (χ1n) is 11.1. The lowest BCUT2D eigenvalue weighted by molar-refractivity contribution is -0.146. The van der Waals surface area contributed by atoms with Gasteiger partial charge >= 0.3 is 0 Å². The molecule has 0 spiro atoms. The summed E-state index contributed by atoms with van der Waals surface area (Å²) in [5, 5.41) is 7.32. The Balaban J connectivity index is 1.34. The Morgan fingerprint density at radius 3 is 2.33 bits per heavy atom. The summed E-state index contributed by atoms with van der Waals surface area (Å²) in [5.74, 6) is 2.18. The molecular formula is C24H30N4O2. The van der Waals surface area contributed by atoms with E-state index in [9.17, 15) is 9.59 Å². The SMILES string of the molecule is Cc1ccc(-n2[nH]c(C)c(C=NNC(=O)C34CC5CC(CC(C5)C3)C4)c2=O)cc1C. The zero-order valence-corrected chi connectivity index (χ0v) is 18.0. The number of nitrogens with one attached hydrogen (secondary N) is 2. The molecule has 2 N–H and O–H groups in total. The van der Waals surface area contributed by atoms with Crippen molar-refractivity contribution in [1.82, 2.24) is 15.2 Å². The first-order chi connectivity index (χ1) is 14.3. The summed E-state index contributed by atoms with van der Waals surface area (Å²) in [7, 11) is 0. The minimum Gasteiger partial charge on any atom is -0.295 e. The highest BCUT2D eigenvalue weighted by Crippen LogP contribution is 2.60. The summed E-state index contributed by atoms with van der Waals surface area (Å²) in [5.41, 5.74) is 6.68. The largest absolute Gasteiger partial charge is 0.295 e. The third-order valence-corrected chi connectivity index (χ3v) is 7.75. The zero-order valence-electron chi connectivity index (χ0n) is 18.0. The van der Waals surface area contributed by atoms with E-state index in [0.29, 0.717) is 23.3 Å². The third kappa shape index (κ3) is 3.13. The van der Waals surface area contributed by atoms with E-state index in [-0.39, 0.29) is 16.9 Å². The van der Waals surface area contributed by atoms with Gasteiger partial charge in [0.2, 0.25) is 5.91 Å². The van der Waals surface area contributed by atoms with Crippen molar-refractivity contribution in [1.29, 1.82) is 0 Å². The van der Waals surface area contributed by atoms with Gasteiger partial charge in [0.1, 0.15) is 0 Å². The van der Waals surface area contributed by atoms with Gasteiger partial charge in [-0.3, -0.25) is 14.7 Å². The van der Waals surface area contributed by atoms with E-state index in [1.165, 1.54) is 35.7 Å². The summed E-state index contributed by atoms with van der Waals surface area (Å²) in [6.45, 7) is 5.93. The summed E-state index contributed by atoms with van der Waals surface area (Å²) >= 11 is 0. The van der Waals surface area contributed by atoms with Crippen molar-refractivity contribution in [2.45, 2.75) is 59.3 Å². The van der Waals surface area contributed by atoms with E-state index in [2.05, 4.69) is 15.6 Å². The molecule has 2 aromatic rings. The van der Waals surface area contributed by atoms with Crippen LogP contribution in [0.5, 0.6) is 0 Å². The van der Waals surface area contributed by atoms with Crippen molar-refractivity contribution in [3.63, 3.8) is 0 Å². The van der Waals surface area contributed by atoms with Gasteiger partial charge in [0, 0.05) is 5.69 Å². The fourth-order valence-electron chi connectivity index (χ4n) is 6.42. The fourth-order valence-corrected chi connectivity index (χ4v) is 6.42. The lowest BCUT2D eigenvalue weighted by Gasteiger charge is -2.55. The van der Waals surface area contributed by atoms with E-state index in [1.807, 2.05) is 39.0 Å². The Kier molecular flexibility index (Phi) is 4.49. The molecular weight excluding hydrogens is 376 g/mol. The Morgan fingerprint density at radius 1 is 1.10 bits per heavy atom. The molecule has 158 valence electrons. The van der Waals surface area contributed by atoms with Gasteiger partial charge in [-0.25, -0.2) is 10.1 Å². The highest BCUT2D eigenvalue weighted by molar-refractivity contribution is 5.86. The summed E-state index contributed by atoms with van der Waals surface area (Å²) in [6.07, 6.45) is 8.41. The average molecular weight is 407 g/mol. The number of aromatic amines is 1. The molecule has 4 bridgehead atoms. The maximum absolute atomic E-state index is 13.0. The standard InChI is InChI=1S/C24H30N4O2/c1-14-4-5-20(6-15(14)2)28-22(29)21(16(3)27-28)13-25-26-23(30)24-10-17-7-18(11-24)9-19(8-17)12-24/h4-6,13,17-19,27H,7-12H2,1-3H3,(H,26,30). The predicted octanol–water partition coefficient (Wildman–Crippen LogP) is 3.76. The van der Waals surface area contributed by atoms with Crippen molar-refractivity contribution in [3.8, 4) is 5.69 Å². The van der Waals surface area contributed by atoms with Crippen LogP contribution in [0.1, 0.15) is 60.9 Å². The summed E-state index contributed by atoms with van der Waals surface area (Å²) in [4.78, 5) is 25.9. The van der Waals surface area contributed by atoms with Gasteiger partial charge in [-0.15, -0.1) is 0 Å². The third-order valence-electron chi connectivity index (χ3n) is 7.75. The van der Waals surface area contributed by atoms with Crippen molar-refractivity contribution < 1.29 is 4.79 Å². The molecule has 0 unspecified atom stereocenters. The van der Waals surface area contributed by atoms with Crippen LogP contribution >= 0.6 is 0 Å². The topological polar surface area (TPSA) is 79.2 Å². The van der Waals surface area contributed by atoms with Crippen molar-refractivity contribution in [3.05, 3.63) is 50.9 Å². The smallest absolute Gasteiger partial charge is 0.280 e. The molecule has 6 rings (SSSR count). The van der Waals surface area contributed by atoms with Crippen LogP contribution in [0.2, 0.25) is 0 Å². The average Bonchev–Trinajstić information content (AvgIpc) is 2.97. The second-order valence-corrected chi connectivity index (χ2v) is 9.96. The number of carbonyl (C=O) groups is 1. The molecule has 6 nitrogen and oxygen atoms in total. The van der Waals surface area contributed by atoms with E-state index < -0.39 is 0 Å². The van der Waals surface area contributed by atoms with Gasteiger partial charge in [-0.05, 0) is 100 Å². The first-order valence-corrected chi connectivity index (χ1v) is 11.1.